The van der Waals surface area contributed by atoms with E-state index in [0.29, 0.717) is 11.3 Å². The second-order valence-corrected chi connectivity index (χ2v) is 3.57. The van der Waals surface area contributed by atoms with Crippen molar-refractivity contribution in [3.05, 3.63) is 47.7 Å². The van der Waals surface area contributed by atoms with E-state index in [2.05, 4.69) is 10.2 Å². The molecule has 2 aromatic rings. The molecule has 0 aliphatic heterocycles. The number of nitrogens with two attached hydrogens (primary N) is 1. The van der Waals surface area contributed by atoms with E-state index in [1.54, 1.807) is 30.3 Å². The summed E-state index contributed by atoms with van der Waals surface area (Å²) < 4.78 is 5.51. The van der Waals surface area contributed by atoms with Crippen molar-refractivity contribution in [1.29, 1.82) is 5.41 Å². The molecule has 92 valence electrons. The fourth-order valence-corrected chi connectivity index (χ4v) is 1.42. The molecule has 0 unspecified atom stereocenters. The summed E-state index contributed by atoms with van der Waals surface area (Å²) in [4.78, 5) is 0. The van der Waals surface area contributed by atoms with Crippen LogP contribution in [0.25, 0.3) is 0 Å². The van der Waals surface area contributed by atoms with Gasteiger partial charge < -0.3 is 15.6 Å². The van der Waals surface area contributed by atoms with Crippen molar-refractivity contribution in [2.75, 3.05) is 0 Å². The second kappa shape index (κ2) is 5.24. The summed E-state index contributed by atoms with van der Waals surface area (Å²) in [7, 11) is 0. The summed E-state index contributed by atoms with van der Waals surface area (Å²) in [6.07, 6.45) is 1.44. The molecule has 1 aromatic heterocycles. The fraction of sp³-hybridized carbons (Fsp3) is 0.0833. The van der Waals surface area contributed by atoms with Gasteiger partial charge in [0.1, 0.15) is 11.6 Å². The van der Waals surface area contributed by atoms with Crippen molar-refractivity contribution in [3.8, 4) is 11.6 Å². The molecule has 0 aliphatic carbocycles. The van der Waals surface area contributed by atoms with E-state index < -0.39 is 0 Å². The molecule has 0 saturated carbocycles. The number of benzene rings is 1. The van der Waals surface area contributed by atoms with Gasteiger partial charge in [0.05, 0.1) is 18.4 Å². The highest BCUT2D eigenvalue weighted by Crippen LogP contribution is 2.22. The van der Waals surface area contributed by atoms with Gasteiger partial charge in [-0.3, -0.25) is 5.41 Å². The van der Waals surface area contributed by atoms with Crippen LogP contribution < -0.4 is 10.5 Å². The zero-order valence-electron chi connectivity index (χ0n) is 9.50. The number of aliphatic hydroxyl groups is 1. The van der Waals surface area contributed by atoms with E-state index in [-0.39, 0.29) is 18.3 Å². The standard InChI is InChI=1S/C12H12N4O2/c13-11(14)10-4-5-15-16-12(10)18-9-3-1-2-8(6-9)7-17/h1-6,17H,7H2,(H3,13,14). The van der Waals surface area contributed by atoms with Crippen molar-refractivity contribution in [2.24, 2.45) is 5.73 Å². The zero-order valence-corrected chi connectivity index (χ0v) is 9.50. The van der Waals surface area contributed by atoms with Crippen molar-refractivity contribution >= 4 is 5.84 Å². The monoisotopic (exact) mass is 244 g/mol. The number of hydrogen-bond donors (Lipinski definition) is 3. The highest BCUT2D eigenvalue weighted by Gasteiger charge is 2.09. The molecule has 0 atom stereocenters. The van der Waals surface area contributed by atoms with Crippen molar-refractivity contribution in [2.45, 2.75) is 6.61 Å². The Bertz CT molecular complexity index is 572. The smallest absolute Gasteiger partial charge is 0.249 e. The number of hydrogen-bond acceptors (Lipinski definition) is 5. The minimum absolute atomic E-state index is 0.0722. The summed E-state index contributed by atoms with van der Waals surface area (Å²) in [5, 5.41) is 23.9. The van der Waals surface area contributed by atoms with E-state index in [9.17, 15) is 0 Å². The SMILES string of the molecule is N=C(N)c1ccnnc1Oc1cccc(CO)c1. The lowest BCUT2D eigenvalue weighted by Gasteiger charge is -2.08. The van der Waals surface area contributed by atoms with Gasteiger partial charge in [0, 0.05) is 0 Å². The van der Waals surface area contributed by atoms with Gasteiger partial charge in [0.15, 0.2) is 0 Å². The number of nitrogen functional groups attached to an aromatic ring is 1. The average molecular weight is 244 g/mol. The molecule has 18 heavy (non-hydrogen) atoms. The third-order valence-electron chi connectivity index (χ3n) is 2.27. The maximum atomic E-state index is 9.03. The van der Waals surface area contributed by atoms with E-state index >= 15 is 0 Å². The lowest BCUT2D eigenvalue weighted by molar-refractivity contribution is 0.281. The molecular weight excluding hydrogens is 232 g/mol. The van der Waals surface area contributed by atoms with Crippen LogP contribution >= 0.6 is 0 Å². The molecule has 0 radical (unpaired) electrons. The Morgan fingerprint density at radius 2 is 2.22 bits per heavy atom. The molecule has 6 heteroatoms. The Hall–Kier alpha value is -2.47. The minimum atomic E-state index is -0.141. The van der Waals surface area contributed by atoms with Crippen LogP contribution in [-0.4, -0.2) is 21.1 Å². The van der Waals surface area contributed by atoms with Crippen LogP contribution in [-0.2, 0) is 6.61 Å². The third-order valence-corrected chi connectivity index (χ3v) is 2.27. The van der Waals surface area contributed by atoms with Crippen molar-refractivity contribution < 1.29 is 9.84 Å². The van der Waals surface area contributed by atoms with Gasteiger partial charge in [0.25, 0.3) is 0 Å². The molecule has 4 N–H and O–H groups in total. The molecule has 0 fully saturated rings. The van der Waals surface area contributed by atoms with Crippen LogP contribution in [0.1, 0.15) is 11.1 Å². The molecule has 6 nitrogen and oxygen atoms in total. The van der Waals surface area contributed by atoms with Gasteiger partial charge >= 0.3 is 0 Å². The minimum Gasteiger partial charge on any atom is -0.437 e. The van der Waals surface area contributed by atoms with Gasteiger partial charge in [-0.25, -0.2) is 0 Å². The van der Waals surface area contributed by atoms with Crippen molar-refractivity contribution in [3.63, 3.8) is 0 Å². The van der Waals surface area contributed by atoms with E-state index in [4.69, 9.17) is 21.0 Å². The Kier molecular flexibility index (Phi) is 3.49. The predicted octanol–water partition coefficient (Wildman–Crippen LogP) is 1.05. The maximum Gasteiger partial charge on any atom is 0.249 e. The number of ether oxygens (including phenoxy) is 1. The fourth-order valence-electron chi connectivity index (χ4n) is 1.42. The molecule has 0 bridgehead atoms. The van der Waals surface area contributed by atoms with Gasteiger partial charge in [-0.05, 0) is 23.8 Å². The molecule has 1 heterocycles. The van der Waals surface area contributed by atoms with Gasteiger partial charge in [-0.15, -0.1) is 5.10 Å². The highest BCUT2D eigenvalue weighted by atomic mass is 16.5. The summed E-state index contributed by atoms with van der Waals surface area (Å²) in [6.45, 7) is -0.0722. The van der Waals surface area contributed by atoms with Crippen LogP contribution in [0.15, 0.2) is 36.5 Å². The third kappa shape index (κ3) is 2.61. The summed E-state index contributed by atoms with van der Waals surface area (Å²) >= 11 is 0. The molecular formula is C12H12N4O2. The molecule has 1 aromatic carbocycles. The zero-order chi connectivity index (χ0) is 13.0. The molecule has 0 spiro atoms. The van der Waals surface area contributed by atoms with E-state index in [0.717, 1.165) is 5.56 Å². The number of aliphatic hydroxyl groups excluding tert-OH is 1. The van der Waals surface area contributed by atoms with Crippen LogP contribution in [0, 0.1) is 5.41 Å². The van der Waals surface area contributed by atoms with Crippen LogP contribution in [0.3, 0.4) is 0 Å². The van der Waals surface area contributed by atoms with E-state index in [1.807, 2.05) is 0 Å². The first-order valence-corrected chi connectivity index (χ1v) is 5.24. The maximum absolute atomic E-state index is 9.03. The number of rotatable bonds is 4. The topological polar surface area (TPSA) is 105 Å². The number of nitrogens with one attached hydrogen (secondary N) is 1. The highest BCUT2D eigenvalue weighted by molar-refractivity contribution is 5.96. The summed E-state index contributed by atoms with van der Waals surface area (Å²) in [5.41, 5.74) is 6.52. The Morgan fingerprint density at radius 1 is 1.39 bits per heavy atom. The van der Waals surface area contributed by atoms with Gasteiger partial charge in [0.2, 0.25) is 5.88 Å². The normalized spacial score (nSPS) is 10.1. The van der Waals surface area contributed by atoms with Crippen LogP contribution in [0.2, 0.25) is 0 Å². The average Bonchev–Trinajstić information content (AvgIpc) is 2.39. The number of aromatic nitrogens is 2. The first kappa shape index (κ1) is 12.0. The lowest BCUT2D eigenvalue weighted by Crippen LogP contribution is -2.13. The summed E-state index contributed by atoms with van der Waals surface area (Å²) in [6, 6.07) is 8.48. The van der Waals surface area contributed by atoms with Crippen LogP contribution in [0.5, 0.6) is 11.6 Å². The molecule has 0 amide bonds. The van der Waals surface area contributed by atoms with Crippen molar-refractivity contribution in [1.82, 2.24) is 10.2 Å². The van der Waals surface area contributed by atoms with Gasteiger partial charge in [-0.1, -0.05) is 12.1 Å². The molecule has 0 aliphatic rings. The quantitative estimate of drug-likeness (QED) is 0.550. The van der Waals surface area contributed by atoms with E-state index in [1.165, 1.54) is 6.20 Å². The summed E-state index contributed by atoms with van der Waals surface area (Å²) in [5.74, 6) is 0.530. The van der Waals surface area contributed by atoms with Crippen LogP contribution in [0.4, 0.5) is 0 Å². The lowest BCUT2D eigenvalue weighted by atomic mass is 10.2. The number of amidine groups is 1. The largest absolute Gasteiger partial charge is 0.437 e. The second-order valence-electron chi connectivity index (χ2n) is 3.57. The van der Waals surface area contributed by atoms with Gasteiger partial charge in [-0.2, -0.15) is 5.10 Å². The molecule has 2 rings (SSSR count). The molecule has 0 saturated heterocycles. The first-order valence-electron chi connectivity index (χ1n) is 5.24. The first-order chi connectivity index (χ1) is 8.70. The number of nitrogens with zero attached hydrogens (tertiary/aromatic N) is 2. The Labute approximate surface area is 104 Å². The Morgan fingerprint density at radius 3 is 2.94 bits per heavy atom. The Balaban J connectivity index is 2.31. The predicted molar refractivity (Wildman–Crippen MR) is 65.5 cm³/mol.